The molecule has 6 heteroatoms. The van der Waals surface area contributed by atoms with Gasteiger partial charge in [0.05, 0.1) is 18.4 Å². The monoisotopic (exact) mass is 344 g/mol. The molecule has 0 heterocycles. The van der Waals surface area contributed by atoms with Gasteiger partial charge in [0, 0.05) is 5.41 Å². The number of aliphatic hydroxyl groups excluding tert-OH is 1. The summed E-state index contributed by atoms with van der Waals surface area (Å²) >= 11 is 0. The van der Waals surface area contributed by atoms with Crippen molar-refractivity contribution in [1.29, 1.82) is 0 Å². The molecule has 2 N–H and O–H groups in total. The summed E-state index contributed by atoms with van der Waals surface area (Å²) in [5.74, 6) is -1.37. The normalized spacial score (nSPS) is 25.1. The molecule has 24 heavy (non-hydrogen) atoms. The van der Waals surface area contributed by atoms with E-state index in [9.17, 15) is 14.7 Å². The van der Waals surface area contributed by atoms with Gasteiger partial charge < -0.3 is 19.7 Å². The van der Waals surface area contributed by atoms with E-state index in [0.717, 1.165) is 6.42 Å². The molecule has 1 saturated carbocycles. The van der Waals surface area contributed by atoms with Crippen LogP contribution in [0.15, 0.2) is 0 Å². The number of carboxylic acids is 1. The number of aliphatic hydroxyl groups is 1. The molecule has 0 bridgehead atoms. The molecule has 0 saturated heterocycles. The molecule has 1 aliphatic rings. The number of ether oxygens (including phenoxy) is 2. The number of esters is 1. The second-order valence-corrected chi connectivity index (χ2v) is 7.29. The summed E-state index contributed by atoms with van der Waals surface area (Å²) in [6.45, 7) is 8.34. The van der Waals surface area contributed by atoms with Crippen LogP contribution in [0.4, 0.5) is 0 Å². The third-order valence-electron chi connectivity index (χ3n) is 5.66. The molecular weight excluding hydrogens is 312 g/mol. The molecule has 0 spiro atoms. The van der Waals surface area contributed by atoms with Crippen LogP contribution in [0.1, 0.15) is 59.8 Å². The van der Waals surface area contributed by atoms with Crippen LogP contribution in [0.2, 0.25) is 0 Å². The molecule has 1 fully saturated rings. The minimum Gasteiger partial charge on any atom is -0.481 e. The van der Waals surface area contributed by atoms with Crippen molar-refractivity contribution in [3.05, 3.63) is 0 Å². The number of carbonyl (C=O) groups is 2. The van der Waals surface area contributed by atoms with E-state index in [0.29, 0.717) is 25.7 Å². The highest BCUT2D eigenvalue weighted by molar-refractivity contribution is 5.74. The van der Waals surface area contributed by atoms with Crippen LogP contribution in [-0.4, -0.2) is 41.7 Å². The number of aliphatic carboxylic acids is 1. The van der Waals surface area contributed by atoms with Gasteiger partial charge in [0.2, 0.25) is 0 Å². The van der Waals surface area contributed by atoms with Crippen molar-refractivity contribution in [2.24, 2.45) is 23.2 Å². The molecule has 1 rings (SSSR count). The van der Waals surface area contributed by atoms with Gasteiger partial charge >= 0.3 is 11.9 Å². The summed E-state index contributed by atoms with van der Waals surface area (Å²) in [7, 11) is 0. The Kier molecular flexibility index (Phi) is 8.16. The SMILES string of the molecule is CCC(C)(C(C)C)C(O)OCCOC(=O)C1CCC(C(=O)O)CC1. The van der Waals surface area contributed by atoms with Crippen LogP contribution in [0.3, 0.4) is 0 Å². The summed E-state index contributed by atoms with van der Waals surface area (Å²) in [6.07, 6.45) is 2.05. The predicted octanol–water partition coefficient (Wildman–Crippen LogP) is 2.83. The van der Waals surface area contributed by atoms with Crippen molar-refractivity contribution in [2.75, 3.05) is 13.2 Å². The molecule has 0 aromatic heterocycles. The summed E-state index contributed by atoms with van der Waals surface area (Å²) in [5.41, 5.74) is -0.334. The molecule has 6 nitrogen and oxygen atoms in total. The van der Waals surface area contributed by atoms with Crippen LogP contribution in [-0.2, 0) is 19.1 Å². The van der Waals surface area contributed by atoms with Gasteiger partial charge in [-0.05, 0) is 38.0 Å². The van der Waals surface area contributed by atoms with Gasteiger partial charge in [-0.25, -0.2) is 0 Å². The van der Waals surface area contributed by atoms with Gasteiger partial charge in [-0.1, -0.05) is 27.7 Å². The first-order valence-electron chi connectivity index (χ1n) is 8.91. The Hall–Kier alpha value is -1.14. The van der Waals surface area contributed by atoms with Crippen LogP contribution < -0.4 is 0 Å². The standard InChI is InChI=1S/C18H32O6/c1-5-18(4,12(2)3)17(22)24-11-10-23-16(21)14-8-6-13(7-9-14)15(19)20/h12-14,17,22H,5-11H2,1-4H3,(H,19,20). The number of carboxylic acid groups (broad SMARTS) is 1. The Morgan fingerprint density at radius 1 is 1.12 bits per heavy atom. The van der Waals surface area contributed by atoms with Gasteiger partial charge in [-0.2, -0.15) is 0 Å². The molecule has 0 aromatic rings. The third kappa shape index (κ3) is 5.45. The highest BCUT2D eigenvalue weighted by Crippen LogP contribution is 2.35. The van der Waals surface area contributed by atoms with Crippen LogP contribution in [0.25, 0.3) is 0 Å². The summed E-state index contributed by atoms with van der Waals surface area (Å²) in [5, 5.41) is 19.2. The van der Waals surface area contributed by atoms with Crippen molar-refractivity contribution in [3.8, 4) is 0 Å². The third-order valence-corrected chi connectivity index (χ3v) is 5.66. The Morgan fingerprint density at radius 2 is 1.67 bits per heavy atom. The first-order chi connectivity index (χ1) is 11.2. The predicted molar refractivity (Wildman–Crippen MR) is 89.2 cm³/mol. The zero-order chi connectivity index (χ0) is 18.3. The van der Waals surface area contributed by atoms with Gasteiger partial charge in [0.25, 0.3) is 0 Å². The lowest BCUT2D eigenvalue weighted by atomic mass is 9.76. The topological polar surface area (TPSA) is 93.1 Å². The maximum atomic E-state index is 12.0. The van der Waals surface area contributed by atoms with E-state index < -0.39 is 12.3 Å². The number of hydrogen-bond acceptors (Lipinski definition) is 5. The maximum Gasteiger partial charge on any atom is 0.309 e. The van der Waals surface area contributed by atoms with Gasteiger partial charge in [0.1, 0.15) is 6.61 Å². The van der Waals surface area contributed by atoms with Gasteiger partial charge in [0.15, 0.2) is 6.29 Å². The molecule has 1 aliphatic carbocycles. The minimum atomic E-state index is -0.896. The fourth-order valence-electron chi connectivity index (χ4n) is 3.05. The fourth-order valence-corrected chi connectivity index (χ4v) is 3.05. The zero-order valence-corrected chi connectivity index (χ0v) is 15.3. The smallest absolute Gasteiger partial charge is 0.309 e. The first kappa shape index (κ1) is 20.9. The summed E-state index contributed by atoms with van der Waals surface area (Å²) in [6, 6.07) is 0. The van der Waals surface area contributed by atoms with Gasteiger partial charge in [-0.3, -0.25) is 9.59 Å². The van der Waals surface area contributed by atoms with E-state index in [1.165, 1.54) is 0 Å². The lowest BCUT2D eigenvalue weighted by Gasteiger charge is -2.37. The van der Waals surface area contributed by atoms with Crippen molar-refractivity contribution in [3.63, 3.8) is 0 Å². The van der Waals surface area contributed by atoms with Crippen LogP contribution in [0.5, 0.6) is 0 Å². The quantitative estimate of drug-likeness (QED) is 0.379. The summed E-state index contributed by atoms with van der Waals surface area (Å²) in [4.78, 5) is 22.9. The van der Waals surface area contributed by atoms with E-state index >= 15 is 0 Å². The van der Waals surface area contributed by atoms with E-state index in [1.54, 1.807) is 0 Å². The molecule has 2 atom stereocenters. The van der Waals surface area contributed by atoms with Crippen LogP contribution in [0, 0.1) is 23.2 Å². The Morgan fingerprint density at radius 3 is 2.12 bits per heavy atom. The largest absolute Gasteiger partial charge is 0.481 e. The van der Waals surface area contributed by atoms with E-state index in [2.05, 4.69) is 0 Å². The maximum absolute atomic E-state index is 12.0. The Labute approximate surface area is 144 Å². The highest BCUT2D eigenvalue weighted by Gasteiger charge is 2.35. The fraction of sp³-hybridized carbons (Fsp3) is 0.889. The molecular formula is C18H32O6. The minimum absolute atomic E-state index is 0.104. The lowest BCUT2D eigenvalue weighted by Crippen LogP contribution is -2.39. The van der Waals surface area contributed by atoms with Crippen molar-refractivity contribution < 1.29 is 29.3 Å². The highest BCUT2D eigenvalue weighted by atomic mass is 16.6. The Balaban J connectivity index is 2.28. The number of rotatable bonds is 9. The van der Waals surface area contributed by atoms with Crippen LogP contribution >= 0.6 is 0 Å². The molecule has 140 valence electrons. The average Bonchev–Trinajstić information content (AvgIpc) is 2.57. The lowest BCUT2D eigenvalue weighted by molar-refractivity contribution is -0.193. The number of hydrogen-bond donors (Lipinski definition) is 2. The van der Waals surface area contributed by atoms with E-state index in [1.807, 2.05) is 27.7 Å². The van der Waals surface area contributed by atoms with E-state index in [-0.39, 0.29) is 42.4 Å². The van der Waals surface area contributed by atoms with Crippen molar-refractivity contribution in [1.82, 2.24) is 0 Å². The first-order valence-corrected chi connectivity index (χ1v) is 8.91. The second-order valence-electron chi connectivity index (χ2n) is 7.29. The Bertz CT molecular complexity index is 414. The average molecular weight is 344 g/mol. The molecule has 0 aliphatic heterocycles. The summed E-state index contributed by atoms with van der Waals surface area (Å²) < 4.78 is 10.7. The number of carbonyl (C=O) groups excluding carboxylic acids is 1. The van der Waals surface area contributed by atoms with Crippen molar-refractivity contribution in [2.45, 2.75) is 66.1 Å². The van der Waals surface area contributed by atoms with E-state index in [4.69, 9.17) is 14.6 Å². The second kappa shape index (κ2) is 9.37. The van der Waals surface area contributed by atoms with Gasteiger partial charge in [-0.15, -0.1) is 0 Å². The molecule has 0 aromatic carbocycles. The van der Waals surface area contributed by atoms with Crippen molar-refractivity contribution >= 4 is 11.9 Å². The molecule has 0 amide bonds. The molecule has 2 unspecified atom stereocenters. The molecule has 0 radical (unpaired) electrons. The zero-order valence-electron chi connectivity index (χ0n) is 15.3.